The van der Waals surface area contributed by atoms with Gasteiger partial charge in [0.2, 0.25) is 0 Å². The quantitative estimate of drug-likeness (QED) is 0.362. The molecule has 2 aliphatic rings. The van der Waals surface area contributed by atoms with E-state index >= 15 is 0 Å². The number of aliphatic imine (C=N–C) groups is 2. The monoisotopic (exact) mass is 518 g/mol. The van der Waals surface area contributed by atoms with Crippen molar-refractivity contribution in [1.82, 2.24) is 21.3 Å². The van der Waals surface area contributed by atoms with Gasteiger partial charge in [0.1, 0.15) is 11.7 Å². The van der Waals surface area contributed by atoms with E-state index in [1.54, 1.807) is 0 Å². The highest BCUT2D eigenvalue weighted by Crippen LogP contribution is 2.08. The normalized spacial score (nSPS) is 13.8. The second-order valence-corrected chi connectivity index (χ2v) is 8.04. The number of benzene rings is 2. The van der Waals surface area contributed by atoms with Crippen molar-refractivity contribution in [3.63, 3.8) is 0 Å². The molecule has 0 unspecified atom stereocenters. The maximum Gasteiger partial charge on any atom is 0.251 e. The lowest BCUT2D eigenvalue weighted by Crippen LogP contribution is -2.26. The van der Waals surface area contributed by atoms with Crippen LogP contribution in [-0.2, 0) is 0 Å². The van der Waals surface area contributed by atoms with Gasteiger partial charge < -0.3 is 21.3 Å². The van der Waals surface area contributed by atoms with Gasteiger partial charge >= 0.3 is 0 Å². The molecule has 0 atom stereocenters. The molecule has 0 spiro atoms. The van der Waals surface area contributed by atoms with Crippen LogP contribution in [0.1, 0.15) is 51.1 Å². The lowest BCUT2D eigenvalue weighted by atomic mass is 10.1. The van der Waals surface area contributed by atoms with Crippen LogP contribution in [0.25, 0.3) is 0 Å². The number of hydrogen-bond donors (Lipinski definition) is 4. The van der Waals surface area contributed by atoms with E-state index in [0.717, 1.165) is 68.2 Å². The van der Waals surface area contributed by atoms with E-state index < -0.39 is 0 Å². The van der Waals surface area contributed by atoms with Crippen molar-refractivity contribution in [2.45, 2.75) is 19.3 Å². The topological polar surface area (TPSA) is 107 Å². The van der Waals surface area contributed by atoms with Gasteiger partial charge in [-0.15, -0.1) is 24.8 Å². The van der Waals surface area contributed by atoms with E-state index in [1.807, 2.05) is 48.5 Å². The largest absolute Gasteiger partial charge is 0.368 e. The first-order chi connectivity index (χ1) is 16.2. The summed E-state index contributed by atoms with van der Waals surface area (Å²) >= 11 is 0. The molecule has 35 heavy (non-hydrogen) atoms. The number of carbonyl (C=O) groups excluding carboxylic acids is 2. The first-order valence-corrected chi connectivity index (χ1v) is 11.5. The molecule has 2 heterocycles. The van der Waals surface area contributed by atoms with E-state index in [2.05, 4.69) is 31.3 Å². The van der Waals surface area contributed by atoms with Crippen molar-refractivity contribution in [3.8, 4) is 0 Å². The van der Waals surface area contributed by atoms with Crippen molar-refractivity contribution in [2.24, 2.45) is 9.98 Å². The molecule has 0 aromatic heterocycles. The Hall–Kier alpha value is -3.10. The number of hydrogen-bond acceptors (Lipinski definition) is 6. The van der Waals surface area contributed by atoms with Gasteiger partial charge in [-0.25, -0.2) is 0 Å². The second-order valence-electron chi connectivity index (χ2n) is 8.04. The van der Waals surface area contributed by atoms with Crippen LogP contribution >= 0.6 is 24.8 Å². The average molecular weight is 519 g/mol. The van der Waals surface area contributed by atoms with E-state index in [9.17, 15) is 9.59 Å². The van der Waals surface area contributed by atoms with Gasteiger partial charge in [0, 0.05) is 48.4 Å². The Morgan fingerprint density at radius 3 is 1.40 bits per heavy atom. The molecule has 0 bridgehead atoms. The molecular weight excluding hydrogens is 487 g/mol. The molecule has 0 radical (unpaired) electrons. The predicted octanol–water partition coefficient (Wildman–Crippen LogP) is 2.56. The molecule has 2 aromatic carbocycles. The number of nitrogens with one attached hydrogen (secondary N) is 4. The summed E-state index contributed by atoms with van der Waals surface area (Å²) in [6.07, 6.45) is 2.66. The lowest BCUT2D eigenvalue weighted by molar-refractivity contribution is 0.0947. The average Bonchev–Trinajstić information content (AvgIpc) is 3.58. The molecule has 188 valence electrons. The zero-order valence-electron chi connectivity index (χ0n) is 19.5. The zero-order chi connectivity index (χ0) is 22.9. The second kappa shape index (κ2) is 14.3. The molecule has 4 N–H and O–H groups in total. The van der Waals surface area contributed by atoms with E-state index in [-0.39, 0.29) is 36.6 Å². The van der Waals surface area contributed by atoms with Crippen LogP contribution in [0.15, 0.2) is 58.5 Å². The van der Waals surface area contributed by atoms with Gasteiger partial charge in [-0.1, -0.05) is 24.3 Å². The van der Waals surface area contributed by atoms with E-state index in [0.29, 0.717) is 24.2 Å². The van der Waals surface area contributed by atoms with Crippen molar-refractivity contribution >= 4 is 48.3 Å². The lowest BCUT2D eigenvalue weighted by Gasteiger charge is -2.08. The van der Waals surface area contributed by atoms with Gasteiger partial charge in [-0.05, 0) is 43.5 Å². The minimum absolute atomic E-state index is 0. The highest BCUT2D eigenvalue weighted by atomic mass is 35.5. The Labute approximate surface area is 218 Å². The number of nitrogens with zero attached hydrogens (tertiary/aromatic N) is 2. The minimum Gasteiger partial charge on any atom is -0.368 e. The maximum absolute atomic E-state index is 12.3. The van der Waals surface area contributed by atoms with Crippen LogP contribution in [0.5, 0.6) is 0 Å². The third-order valence-corrected chi connectivity index (χ3v) is 5.61. The summed E-state index contributed by atoms with van der Waals surface area (Å²) in [5, 5.41) is 12.4. The van der Waals surface area contributed by atoms with Crippen molar-refractivity contribution in [1.29, 1.82) is 0 Å². The number of unbranched alkanes of at least 4 members (excludes halogenated alkanes) is 2. The van der Waals surface area contributed by atoms with Crippen LogP contribution in [0, 0.1) is 0 Å². The first kappa shape index (κ1) is 28.1. The van der Waals surface area contributed by atoms with Crippen LogP contribution in [0.2, 0.25) is 0 Å². The molecule has 0 fully saturated rings. The molecular formula is C25H32Cl2N6O2. The van der Waals surface area contributed by atoms with Crippen molar-refractivity contribution in [2.75, 3.05) is 39.3 Å². The van der Waals surface area contributed by atoms with Gasteiger partial charge in [0.25, 0.3) is 11.8 Å². The molecule has 0 saturated heterocycles. The fraction of sp³-hybridized carbons (Fsp3) is 0.360. The Kier molecular flexibility index (Phi) is 11.5. The summed E-state index contributed by atoms with van der Waals surface area (Å²) < 4.78 is 0. The van der Waals surface area contributed by atoms with Gasteiger partial charge in [-0.2, -0.15) is 0 Å². The third kappa shape index (κ3) is 7.97. The van der Waals surface area contributed by atoms with Crippen LogP contribution in [0.4, 0.5) is 0 Å². The van der Waals surface area contributed by atoms with Crippen LogP contribution in [0.3, 0.4) is 0 Å². The molecule has 8 nitrogen and oxygen atoms in total. The maximum atomic E-state index is 12.3. The van der Waals surface area contributed by atoms with Gasteiger partial charge in [0.15, 0.2) is 0 Å². The molecule has 0 saturated carbocycles. The summed E-state index contributed by atoms with van der Waals surface area (Å²) in [5.41, 5.74) is 3.29. The van der Waals surface area contributed by atoms with E-state index in [4.69, 9.17) is 0 Å². The summed E-state index contributed by atoms with van der Waals surface area (Å²) in [6.45, 7) is 4.54. The predicted molar refractivity (Wildman–Crippen MR) is 145 cm³/mol. The fourth-order valence-electron chi connectivity index (χ4n) is 3.78. The van der Waals surface area contributed by atoms with Crippen molar-refractivity contribution in [3.05, 3.63) is 70.8 Å². The number of halogens is 2. The minimum atomic E-state index is -0.0709. The Morgan fingerprint density at radius 1 is 0.657 bits per heavy atom. The smallest absolute Gasteiger partial charge is 0.251 e. The Morgan fingerprint density at radius 2 is 1.06 bits per heavy atom. The van der Waals surface area contributed by atoms with Crippen molar-refractivity contribution < 1.29 is 9.59 Å². The molecule has 4 rings (SSSR count). The third-order valence-electron chi connectivity index (χ3n) is 5.61. The highest BCUT2D eigenvalue weighted by molar-refractivity contribution is 6.02. The molecule has 2 amide bonds. The summed E-state index contributed by atoms with van der Waals surface area (Å²) in [4.78, 5) is 33.4. The number of amidine groups is 2. The fourth-order valence-corrected chi connectivity index (χ4v) is 3.78. The molecule has 2 aromatic rings. The first-order valence-electron chi connectivity index (χ1n) is 11.5. The number of rotatable bonds is 10. The Bertz CT molecular complexity index is 955. The standard InChI is InChI=1S/C25H30N6O2.2ClH/c32-24(20-8-4-18(5-9-20)22-26-14-15-27-22)30-12-2-1-3-13-31-25(33)21-10-6-19(7-11-21)23-28-16-17-29-23;;/h4-11H,1-3,12-17H2,(H,26,27)(H,28,29)(H,30,32)(H,31,33);2*1H. The SMILES string of the molecule is Cl.Cl.O=C(NCCCCCNC(=O)c1ccc(C2=NCCN2)cc1)c1ccc(C2=NCCN2)cc1. The van der Waals surface area contributed by atoms with Crippen LogP contribution < -0.4 is 21.3 Å². The van der Waals surface area contributed by atoms with Gasteiger partial charge in [0.05, 0.1) is 13.1 Å². The summed E-state index contributed by atoms with van der Waals surface area (Å²) in [7, 11) is 0. The summed E-state index contributed by atoms with van der Waals surface area (Å²) in [5.74, 6) is 1.64. The van der Waals surface area contributed by atoms with Gasteiger partial charge in [-0.3, -0.25) is 19.6 Å². The van der Waals surface area contributed by atoms with Crippen LogP contribution in [-0.4, -0.2) is 62.8 Å². The molecule has 0 aliphatic carbocycles. The molecule has 2 aliphatic heterocycles. The molecule has 10 heteroatoms. The Balaban J connectivity index is 0.00000216. The number of amides is 2. The number of carbonyl (C=O) groups is 2. The highest BCUT2D eigenvalue weighted by Gasteiger charge is 2.11. The zero-order valence-corrected chi connectivity index (χ0v) is 21.1. The van der Waals surface area contributed by atoms with E-state index in [1.165, 1.54) is 0 Å². The summed E-state index contributed by atoms with van der Waals surface area (Å²) in [6, 6.07) is 15.0.